The number of benzene rings is 1. The van der Waals surface area contributed by atoms with Gasteiger partial charge in [-0.05, 0) is 12.1 Å². The minimum atomic E-state index is -0.518. The number of rotatable bonds is 4. The predicted octanol–water partition coefficient (Wildman–Crippen LogP) is 2.75. The molecular formula is C16H18N2O3S2. The second kappa shape index (κ2) is 6.39. The van der Waals surface area contributed by atoms with Gasteiger partial charge in [-0.1, -0.05) is 23.9 Å². The number of ether oxygens (including phenoxy) is 2. The number of carbonyl (C=O) groups is 1. The number of hydrogen-bond donors (Lipinski definition) is 0. The van der Waals surface area contributed by atoms with Gasteiger partial charge < -0.3 is 14.4 Å². The molecule has 2 aromatic rings. The monoisotopic (exact) mass is 350 g/mol. The van der Waals surface area contributed by atoms with Crippen LogP contribution in [-0.4, -0.2) is 53.6 Å². The molecule has 2 fully saturated rings. The molecule has 122 valence electrons. The highest BCUT2D eigenvalue weighted by Gasteiger charge is 2.44. The van der Waals surface area contributed by atoms with Gasteiger partial charge in [0.2, 0.25) is 5.91 Å². The standard InChI is InChI=1S/C16H18N2O3S2/c19-14(18-7-6-16(11-18)20-8-9-21-16)5-10-22-15-17-12-3-1-2-4-13(12)23-15/h1-4H,5-11H2. The Morgan fingerprint density at radius 3 is 3.00 bits per heavy atom. The quantitative estimate of drug-likeness (QED) is 0.794. The van der Waals surface area contributed by atoms with Crippen LogP contribution >= 0.6 is 23.1 Å². The van der Waals surface area contributed by atoms with E-state index < -0.39 is 5.79 Å². The van der Waals surface area contributed by atoms with Gasteiger partial charge in [-0.15, -0.1) is 11.3 Å². The zero-order chi connectivity index (χ0) is 15.7. The Morgan fingerprint density at radius 1 is 1.35 bits per heavy atom. The van der Waals surface area contributed by atoms with E-state index in [0.29, 0.717) is 26.2 Å². The number of nitrogens with zero attached hydrogens (tertiary/aromatic N) is 2. The maximum atomic E-state index is 12.3. The SMILES string of the molecule is O=C(CCSc1nc2ccccc2s1)N1CCC2(C1)OCCO2. The molecule has 1 aromatic carbocycles. The summed E-state index contributed by atoms with van der Waals surface area (Å²) >= 11 is 3.34. The Kier molecular flexibility index (Phi) is 4.27. The molecule has 0 bridgehead atoms. The van der Waals surface area contributed by atoms with Crippen LogP contribution in [0, 0.1) is 0 Å². The number of thioether (sulfide) groups is 1. The summed E-state index contributed by atoms with van der Waals surface area (Å²) in [6.07, 6.45) is 1.31. The molecule has 7 heteroatoms. The molecule has 0 radical (unpaired) electrons. The van der Waals surface area contributed by atoms with Gasteiger partial charge in [0.05, 0.1) is 30.0 Å². The maximum Gasteiger partial charge on any atom is 0.223 e. The molecule has 1 amide bonds. The van der Waals surface area contributed by atoms with Gasteiger partial charge in [0.15, 0.2) is 10.1 Å². The highest BCUT2D eigenvalue weighted by molar-refractivity contribution is 8.01. The lowest BCUT2D eigenvalue weighted by Gasteiger charge is -2.22. The molecule has 0 N–H and O–H groups in total. The van der Waals surface area contributed by atoms with Gasteiger partial charge in [-0.2, -0.15) is 0 Å². The number of aromatic nitrogens is 1. The number of fused-ring (bicyclic) bond motifs is 1. The van der Waals surface area contributed by atoms with Gasteiger partial charge in [0, 0.05) is 25.1 Å². The maximum absolute atomic E-state index is 12.3. The molecule has 2 aliphatic rings. The van der Waals surface area contributed by atoms with Crippen LogP contribution in [0.4, 0.5) is 0 Å². The smallest absolute Gasteiger partial charge is 0.223 e. The summed E-state index contributed by atoms with van der Waals surface area (Å²) in [6.45, 7) is 2.56. The highest BCUT2D eigenvalue weighted by atomic mass is 32.2. The van der Waals surface area contributed by atoms with Crippen LogP contribution in [0.15, 0.2) is 28.6 Å². The van der Waals surface area contributed by atoms with Gasteiger partial charge in [0.25, 0.3) is 0 Å². The van der Waals surface area contributed by atoms with Crippen molar-refractivity contribution in [1.82, 2.24) is 9.88 Å². The summed E-state index contributed by atoms with van der Waals surface area (Å²) in [6, 6.07) is 8.12. The third-order valence-corrected chi connectivity index (χ3v) is 6.36. The van der Waals surface area contributed by atoms with E-state index in [2.05, 4.69) is 11.1 Å². The Morgan fingerprint density at radius 2 is 2.17 bits per heavy atom. The lowest BCUT2D eigenvalue weighted by Crippen LogP contribution is -2.37. The van der Waals surface area contributed by atoms with Gasteiger partial charge in [-0.25, -0.2) is 4.98 Å². The Balaban J connectivity index is 1.28. The third kappa shape index (κ3) is 3.24. The molecule has 2 saturated heterocycles. The molecule has 2 aliphatic heterocycles. The molecule has 0 unspecified atom stereocenters. The average molecular weight is 350 g/mol. The summed E-state index contributed by atoms with van der Waals surface area (Å²) in [5.41, 5.74) is 1.03. The predicted molar refractivity (Wildman–Crippen MR) is 90.8 cm³/mol. The Hall–Kier alpha value is -1.15. The van der Waals surface area contributed by atoms with Crippen molar-refractivity contribution < 1.29 is 14.3 Å². The normalized spacial score (nSPS) is 19.9. The van der Waals surface area contributed by atoms with E-state index in [1.807, 2.05) is 23.1 Å². The van der Waals surface area contributed by atoms with Crippen LogP contribution in [-0.2, 0) is 14.3 Å². The molecule has 1 spiro atoms. The Bertz CT molecular complexity index is 679. The first-order valence-electron chi connectivity index (χ1n) is 7.78. The largest absolute Gasteiger partial charge is 0.346 e. The van der Waals surface area contributed by atoms with Crippen LogP contribution in [0.3, 0.4) is 0 Å². The molecular weight excluding hydrogens is 332 g/mol. The molecule has 1 aromatic heterocycles. The first-order valence-corrected chi connectivity index (χ1v) is 9.58. The average Bonchev–Trinajstić information content (AvgIpc) is 3.28. The van der Waals surface area contributed by atoms with E-state index in [9.17, 15) is 4.79 Å². The molecule has 0 atom stereocenters. The second-order valence-corrected chi connectivity index (χ2v) is 8.09. The molecule has 0 aliphatic carbocycles. The van der Waals surface area contributed by atoms with E-state index in [1.165, 1.54) is 4.70 Å². The zero-order valence-corrected chi connectivity index (χ0v) is 14.3. The van der Waals surface area contributed by atoms with Crippen molar-refractivity contribution in [2.24, 2.45) is 0 Å². The van der Waals surface area contributed by atoms with Crippen molar-refractivity contribution in [2.75, 3.05) is 32.1 Å². The van der Waals surface area contributed by atoms with Crippen molar-refractivity contribution in [1.29, 1.82) is 0 Å². The fourth-order valence-corrected chi connectivity index (χ4v) is 5.06. The van der Waals surface area contributed by atoms with Gasteiger partial charge >= 0.3 is 0 Å². The number of hydrogen-bond acceptors (Lipinski definition) is 6. The molecule has 3 heterocycles. The minimum absolute atomic E-state index is 0.176. The number of thiazole rings is 1. The van der Waals surface area contributed by atoms with E-state index >= 15 is 0 Å². The van der Waals surface area contributed by atoms with Crippen LogP contribution in [0.5, 0.6) is 0 Å². The number of para-hydroxylation sites is 1. The van der Waals surface area contributed by atoms with Crippen LogP contribution in [0.1, 0.15) is 12.8 Å². The summed E-state index contributed by atoms with van der Waals surface area (Å²) < 4.78 is 13.5. The minimum Gasteiger partial charge on any atom is -0.346 e. The van der Waals surface area contributed by atoms with Crippen molar-refractivity contribution in [3.63, 3.8) is 0 Å². The van der Waals surface area contributed by atoms with Crippen LogP contribution < -0.4 is 0 Å². The van der Waals surface area contributed by atoms with Crippen LogP contribution in [0.25, 0.3) is 10.2 Å². The summed E-state index contributed by atoms with van der Waals surface area (Å²) in [5.74, 6) is 0.411. The van der Waals surface area contributed by atoms with Crippen molar-refractivity contribution in [3.05, 3.63) is 24.3 Å². The Labute approximate surface area is 143 Å². The van der Waals surface area contributed by atoms with Crippen LogP contribution in [0.2, 0.25) is 0 Å². The second-order valence-electron chi connectivity index (χ2n) is 5.72. The van der Waals surface area contributed by atoms with Crippen molar-refractivity contribution in [3.8, 4) is 0 Å². The third-order valence-electron chi connectivity index (χ3n) is 4.18. The molecule has 23 heavy (non-hydrogen) atoms. The number of amides is 1. The van der Waals surface area contributed by atoms with Gasteiger partial charge in [0.1, 0.15) is 0 Å². The van der Waals surface area contributed by atoms with E-state index in [1.54, 1.807) is 23.1 Å². The van der Waals surface area contributed by atoms with E-state index in [-0.39, 0.29) is 5.91 Å². The summed E-state index contributed by atoms with van der Waals surface area (Å²) in [4.78, 5) is 18.8. The topological polar surface area (TPSA) is 51.7 Å². The molecule has 5 nitrogen and oxygen atoms in total. The zero-order valence-electron chi connectivity index (χ0n) is 12.7. The molecule has 0 saturated carbocycles. The number of carbonyl (C=O) groups excluding carboxylic acids is 1. The lowest BCUT2D eigenvalue weighted by atomic mass is 10.2. The van der Waals surface area contributed by atoms with Crippen molar-refractivity contribution >= 4 is 39.2 Å². The lowest BCUT2D eigenvalue weighted by molar-refractivity contribution is -0.152. The van der Waals surface area contributed by atoms with E-state index in [0.717, 1.165) is 28.6 Å². The van der Waals surface area contributed by atoms with Crippen molar-refractivity contribution in [2.45, 2.75) is 23.0 Å². The summed E-state index contributed by atoms with van der Waals surface area (Å²) in [5, 5.41) is 0. The fourth-order valence-electron chi connectivity index (χ4n) is 3.00. The number of likely N-dealkylation sites (tertiary alicyclic amines) is 1. The first kappa shape index (κ1) is 15.4. The first-order chi connectivity index (χ1) is 11.2. The molecule has 4 rings (SSSR count). The summed E-state index contributed by atoms with van der Waals surface area (Å²) in [7, 11) is 0. The van der Waals surface area contributed by atoms with E-state index in [4.69, 9.17) is 9.47 Å². The van der Waals surface area contributed by atoms with Gasteiger partial charge in [-0.3, -0.25) is 4.79 Å². The fraction of sp³-hybridized carbons (Fsp3) is 0.500. The highest BCUT2D eigenvalue weighted by Crippen LogP contribution is 2.32.